The van der Waals surface area contributed by atoms with Crippen LogP contribution in [0.3, 0.4) is 0 Å². The second-order valence-electron chi connectivity index (χ2n) is 9.50. The molecule has 0 aliphatic heterocycles. The highest BCUT2D eigenvalue weighted by Crippen LogP contribution is 2.65. The summed E-state index contributed by atoms with van der Waals surface area (Å²) in [6, 6.07) is 0. The molecule has 0 aromatic rings. The Kier molecular flexibility index (Phi) is 4.12. The third-order valence-corrected chi connectivity index (χ3v) is 8.31. The van der Waals surface area contributed by atoms with E-state index in [4.69, 9.17) is 4.74 Å². The van der Waals surface area contributed by atoms with Crippen molar-refractivity contribution >= 4 is 11.8 Å². The number of hydrogen-bond donors (Lipinski definition) is 0. The summed E-state index contributed by atoms with van der Waals surface area (Å²) in [5, 5.41) is 0. The number of rotatable bonds is 2. The fourth-order valence-corrected chi connectivity index (χ4v) is 6.94. The van der Waals surface area contributed by atoms with Gasteiger partial charge in [0.2, 0.25) is 0 Å². The highest BCUT2D eigenvalue weighted by molar-refractivity contribution is 5.91. The van der Waals surface area contributed by atoms with Gasteiger partial charge in [0.1, 0.15) is 6.10 Å². The molecule has 0 amide bonds. The lowest BCUT2D eigenvalue weighted by atomic mass is 9.47. The third-order valence-electron chi connectivity index (χ3n) is 8.31. The first kappa shape index (κ1) is 17.3. The maximum atomic E-state index is 12.0. The van der Waals surface area contributed by atoms with Crippen LogP contribution in [0.2, 0.25) is 0 Å². The minimum Gasteiger partial charge on any atom is -0.462 e. The van der Waals surface area contributed by atoms with Crippen LogP contribution >= 0.6 is 0 Å². The molecule has 0 aromatic heterocycles. The van der Waals surface area contributed by atoms with Crippen LogP contribution in [0.1, 0.15) is 78.6 Å². The van der Waals surface area contributed by atoms with Crippen LogP contribution < -0.4 is 0 Å². The molecule has 0 N–H and O–H groups in total. The number of ketones is 1. The van der Waals surface area contributed by atoms with Gasteiger partial charge in [-0.05, 0) is 73.7 Å². The maximum Gasteiger partial charge on any atom is 0.305 e. The van der Waals surface area contributed by atoms with Crippen LogP contribution in [0.5, 0.6) is 0 Å². The summed E-state index contributed by atoms with van der Waals surface area (Å²) >= 11 is 0. The summed E-state index contributed by atoms with van der Waals surface area (Å²) in [6.45, 7) is 6.73. The van der Waals surface area contributed by atoms with Crippen molar-refractivity contribution in [3.05, 3.63) is 11.6 Å². The van der Waals surface area contributed by atoms with Crippen molar-refractivity contribution in [3.8, 4) is 0 Å². The van der Waals surface area contributed by atoms with Gasteiger partial charge in [0.15, 0.2) is 5.78 Å². The van der Waals surface area contributed by atoms with E-state index in [1.54, 1.807) is 0 Å². The monoisotopic (exact) mass is 344 g/mol. The second kappa shape index (κ2) is 5.96. The first-order chi connectivity index (χ1) is 11.9. The number of fused-ring (bicyclic) bond motifs is 5. The molecule has 138 valence electrons. The van der Waals surface area contributed by atoms with Crippen LogP contribution in [0.25, 0.3) is 0 Å². The van der Waals surface area contributed by atoms with Gasteiger partial charge in [0, 0.05) is 18.8 Å². The Morgan fingerprint density at radius 1 is 1.16 bits per heavy atom. The van der Waals surface area contributed by atoms with Crippen LogP contribution in [-0.4, -0.2) is 17.9 Å². The van der Waals surface area contributed by atoms with E-state index < -0.39 is 0 Å². The molecule has 4 aliphatic carbocycles. The number of ether oxygens (including phenoxy) is 1. The van der Waals surface area contributed by atoms with Gasteiger partial charge in [-0.25, -0.2) is 0 Å². The highest BCUT2D eigenvalue weighted by atomic mass is 16.5. The van der Waals surface area contributed by atoms with Gasteiger partial charge in [-0.15, -0.1) is 0 Å². The zero-order valence-electron chi connectivity index (χ0n) is 16.0. The average molecular weight is 344 g/mol. The zero-order chi connectivity index (χ0) is 17.8. The number of allylic oxidation sites excluding steroid dienone is 1. The molecule has 0 aromatic carbocycles. The van der Waals surface area contributed by atoms with Crippen molar-refractivity contribution in [1.82, 2.24) is 0 Å². The summed E-state index contributed by atoms with van der Waals surface area (Å²) in [5.41, 5.74) is 1.94. The first-order valence-corrected chi connectivity index (χ1v) is 10.3. The number of esters is 1. The van der Waals surface area contributed by atoms with E-state index in [-0.39, 0.29) is 17.5 Å². The summed E-state index contributed by atoms with van der Waals surface area (Å²) in [4.78, 5) is 23.9. The molecule has 6 atom stereocenters. The summed E-state index contributed by atoms with van der Waals surface area (Å²) in [6.07, 6.45) is 11.3. The van der Waals surface area contributed by atoms with E-state index >= 15 is 0 Å². The molecule has 3 nitrogen and oxygen atoms in total. The van der Waals surface area contributed by atoms with Crippen molar-refractivity contribution in [3.63, 3.8) is 0 Å². The Bertz CT molecular complexity index is 621. The molecule has 4 rings (SSSR count). The van der Waals surface area contributed by atoms with Crippen molar-refractivity contribution in [2.45, 2.75) is 84.7 Å². The Morgan fingerprint density at radius 2 is 1.92 bits per heavy atom. The van der Waals surface area contributed by atoms with Gasteiger partial charge in [0.25, 0.3) is 0 Å². The van der Waals surface area contributed by atoms with Crippen molar-refractivity contribution in [2.75, 3.05) is 0 Å². The van der Waals surface area contributed by atoms with Gasteiger partial charge in [-0.3, -0.25) is 9.59 Å². The summed E-state index contributed by atoms with van der Waals surface area (Å²) < 4.78 is 5.92. The molecule has 3 saturated carbocycles. The minimum absolute atomic E-state index is 0.0396. The zero-order valence-corrected chi connectivity index (χ0v) is 16.0. The molecule has 3 fully saturated rings. The predicted octanol–water partition coefficient (Wildman–Crippen LogP) is 4.84. The quantitative estimate of drug-likeness (QED) is 0.673. The molecular weight excluding hydrogens is 312 g/mol. The fraction of sp³-hybridized carbons (Fsp3) is 0.818. The first-order valence-electron chi connectivity index (χ1n) is 10.3. The normalized spacial score (nSPS) is 45.9. The van der Waals surface area contributed by atoms with Crippen molar-refractivity contribution < 1.29 is 14.3 Å². The molecule has 0 bridgehead atoms. The van der Waals surface area contributed by atoms with Gasteiger partial charge in [-0.2, -0.15) is 0 Å². The molecule has 0 radical (unpaired) electrons. The molecular formula is C22H32O3. The van der Waals surface area contributed by atoms with E-state index in [0.29, 0.717) is 41.8 Å². The Morgan fingerprint density at radius 3 is 2.68 bits per heavy atom. The SMILES string of the molecule is CCC(=O)OC1CC[C@@]2(C)CC[C@H]3[C@@H](CCC4=CC(=O)CC[C@@]43C)[C@H]12. The Labute approximate surface area is 151 Å². The predicted molar refractivity (Wildman–Crippen MR) is 96.9 cm³/mol. The van der Waals surface area contributed by atoms with Crippen LogP contribution in [0.4, 0.5) is 0 Å². The Hall–Kier alpha value is -1.12. The number of carbonyl (C=O) groups excluding carboxylic acids is 2. The van der Waals surface area contributed by atoms with Crippen LogP contribution in [0, 0.1) is 28.6 Å². The van der Waals surface area contributed by atoms with E-state index in [1.165, 1.54) is 31.3 Å². The van der Waals surface area contributed by atoms with E-state index in [9.17, 15) is 9.59 Å². The molecule has 0 spiro atoms. The number of carbonyl (C=O) groups is 2. The summed E-state index contributed by atoms with van der Waals surface area (Å²) in [5.74, 6) is 2.09. The lowest BCUT2D eigenvalue weighted by molar-refractivity contribution is -0.157. The lowest BCUT2D eigenvalue weighted by Gasteiger charge is -2.57. The fourth-order valence-electron chi connectivity index (χ4n) is 6.94. The molecule has 3 heteroatoms. The highest BCUT2D eigenvalue weighted by Gasteiger charge is 2.59. The standard InChI is InChI=1S/C22H32O3/c1-4-19(24)25-18-9-11-21(2)10-8-17-16(20(18)21)6-5-14-13-15(23)7-12-22(14,17)3/h13,16-18,20H,4-12H2,1-3H3/t16-,17+,18?,20-,21-,22+/m1/s1. The van der Waals surface area contributed by atoms with E-state index in [0.717, 1.165) is 19.3 Å². The van der Waals surface area contributed by atoms with E-state index in [2.05, 4.69) is 13.8 Å². The third kappa shape index (κ3) is 2.61. The van der Waals surface area contributed by atoms with E-state index in [1.807, 2.05) is 13.0 Å². The topological polar surface area (TPSA) is 43.4 Å². The Balaban J connectivity index is 1.64. The lowest BCUT2D eigenvalue weighted by Crippen LogP contribution is -2.51. The molecule has 0 heterocycles. The van der Waals surface area contributed by atoms with Crippen molar-refractivity contribution in [1.29, 1.82) is 0 Å². The smallest absolute Gasteiger partial charge is 0.305 e. The van der Waals surface area contributed by atoms with Crippen LogP contribution in [-0.2, 0) is 14.3 Å². The molecule has 25 heavy (non-hydrogen) atoms. The maximum absolute atomic E-state index is 12.0. The van der Waals surface area contributed by atoms with Gasteiger partial charge < -0.3 is 4.74 Å². The average Bonchev–Trinajstić information content (AvgIpc) is 2.92. The molecule has 1 unspecified atom stereocenters. The van der Waals surface area contributed by atoms with Crippen LogP contribution in [0.15, 0.2) is 11.6 Å². The summed E-state index contributed by atoms with van der Waals surface area (Å²) in [7, 11) is 0. The van der Waals surface area contributed by atoms with Crippen molar-refractivity contribution in [2.24, 2.45) is 28.6 Å². The van der Waals surface area contributed by atoms with Gasteiger partial charge in [0.05, 0.1) is 0 Å². The minimum atomic E-state index is -0.0396. The molecule has 0 saturated heterocycles. The largest absolute Gasteiger partial charge is 0.462 e. The molecule has 4 aliphatic rings. The van der Waals surface area contributed by atoms with Gasteiger partial charge >= 0.3 is 5.97 Å². The van der Waals surface area contributed by atoms with Gasteiger partial charge in [-0.1, -0.05) is 26.3 Å². The second-order valence-corrected chi connectivity index (χ2v) is 9.50. The number of hydrogen-bond acceptors (Lipinski definition) is 3.